The lowest BCUT2D eigenvalue weighted by atomic mass is 9.48. The van der Waals surface area contributed by atoms with Crippen molar-refractivity contribution in [3.8, 4) is 0 Å². The topological polar surface area (TPSA) is 40.5 Å². The van der Waals surface area contributed by atoms with E-state index in [1.54, 1.807) is 0 Å². The van der Waals surface area contributed by atoms with Crippen LogP contribution in [0.25, 0.3) is 0 Å². The van der Waals surface area contributed by atoms with E-state index in [0.717, 1.165) is 25.7 Å². The molecule has 5 rings (SSSR count). The highest BCUT2D eigenvalue weighted by atomic mass is 16.3. The summed E-state index contributed by atoms with van der Waals surface area (Å²) in [5, 5.41) is 11.0. The predicted octanol–water partition coefficient (Wildman–Crippen LogP) is 4.95. The van der Waals surface area contributed by atoms with Gasteiger partial charge in [-0.1, -0.05) is 24.6 Å². The quantitative estimate of drug-likeness (QED) is 0.773. The average molecular weight is 394 g/mol. The molecule has 4 aliphatic rings. The van der Waals surface area contributed by atoms with E-state index < -0.39 is 0 Å². The van der Waals surface area contributed by atoms with E-state index in [1.165, 1.54) is 29.7 Å². The van der Waals surface area contributed by atoms with Crippen LogP contribution < -0.4 is 4.90 Å². The molecule has 3 saturated carbocycles. The van der Waals surface area contributed by atoms with Crippen LogP contribution in [0.2, 0.25) is 0 Å². The van der Waals surface area contributed by atoms with Gasteiger partial charge >= 0.3 is 0 Å². The van der Waals surface area contributed by atoms with Crippen molar-refractivity contribution >= 4 is 11.5 Å². The number of nitrogens with zero attached hydrogens (tertiary/aromatic N) is 1. The number of carbonyl (C=O) groups excluding carboxylic acids is 1. The maximum atomic E-state index is 12.1. The first-order valence-corrected chi connectivity index (χ1v) is 11.6. The Labute approximate surface area is 175 Å². The molecule has 0 spiro atoms. The summed E-state index contributed by atoms with van der Waals surface area (Å²) in [6.07, 6.45) is 9.08. The molecule has 29 heavy (non-hydrogen) atoms. The fourth-order valence-electron chi connectivity index (χ4n) is 7.64. The molecule has 3 heteroatoms. The molecular formula is C26H35NO2. The second kappa shape index (κ2) is 6.97. The largest absolute Gasteiger partial charge is 0.393 e. The number of hydrogen-bond acceptors (Lipinski definition) is 3. The molecule has 4 aliphatic carbocycles. The highest BCUT2D eigenvalue weighted by Gasteiger charge is 2.59. The van der Waals surface area contributed by atoms with Gasteiger partial charge in [0.05, 0.1) is 6.10 Å². The van der Waals surface area contributed by atoms with Gasteiger partial charge in [0.15, 0.2) is 5.78 Å². The second-order valence-corrected chi connectivity index (χ2v) is 10.6. The van der Waals surface area contributed by atoms with Crippen LogP contribution >= 0.6 is 0 Å². The van der Waals surface area contributed by atoms with Crippen LogP contribution in [0, 0.1) is 29.1 Å². The van der Waals surface area contributed by atoms with Gasteiger partial charge in [-0.2, -0.15) is 0 Å². The number of aliphatic hydroxyl groups is 1. The molecule has 1 aromatic rings. The molecule has 0 saturated heterocycles. The summed E-state index contributed by atoms with van der Waals surface area (Å²) in [6, 6.07) is 9.14. The molecule has 3 fully saturated rings. The summed E-state index contributed by atoms with van der Waals surface area (Å²) in [4.78, 5) is 14.2. The highest BCUT2D eigenvalue weighted by molar-refractivity contribution is 5.91. The number of ketones is 1. The number of benzene rings is 1. The maximum absolute atomic E-state index is 12.1. The van der Waals surface area contributed by atoms with Crippen LogP contribution in [0.4, 0.5) is 5.69 Å². The third-order valence-corrected chi connectivity index (χ3v) is 9.09. The van der Waals surface area contributed by atoms with Crippen LogP contribution in [-0.4, -0.2) is 31.1 Å². The van der Waals surface area contributed by atoms with Crippen LogP contribution in [0.1, 0.15) is 63.4 Å². The van der Waals surface area contributed by atoms with Crippen molar-refractivity contribution in [2.45, 2.75) is 63.9 Å². The minimum atomic E-state index is -0.165. The highest BCUT2D eigenvalue weighted by Crippen LogP contribution is 2.65. The Hall–Kier alpha value is -1.61. The number of allylic oxidation sites excluding steroid dienone is 1. The molecule has 3 nitrogen and oxygen atoms in total. The molecule has 0 aliphatic heterocycles. The average Bonchev–Trinajstić information content (AvgIpc) is 3.01. The molecular weight excluding hydrogens is 358 g/mol. The maximum Gasteiger partial charge on any atom is 0.155 e. The van der Waals surface area contributed by atoms with Gasteiger partial charge < -0.3 is 10.0 Å². The zero-order valence-electron chi connectivity index (χ0n) is 18.1. The van der Waals surface area contributed by atoms with Crippen molar-refractivity contribution in [3.05, 3.63) is 41.5 Å². The Morgan fingerprint density at radius 2 is 1.76 bits per heavy atom. The minimum Gasteiger partial charge on any atom is -0.393 e. The summed E-state index contributed by atoms with van der Waals surface area (Å²) in [6.45, 7) is 2.36. The third-order valence-electron chi connectivity index (χ3n) is 9.09. The molecule has 0 heterocycles. The van der Waals surface area contributed by atoms with E-state index >= 15 is 0 Å². The first kappa shape index (κ1) is 19.4. The van der Waals surface area contributed by atoms with E-state index in [2.05, 4.69) is 50.2 Å². The predicted molar refractivity (Wildman–Crippen MR) is 117 cm³/mol. The van der Waals surface area contributed by atoms with Crippen LogP contribution in [0.5, 0.6) is 0 Å². The summed E-state index contributed by atoms with van der Waals surface area (Å²) in [7, 11) is 4.17. The number of hydrogen-bond donors (Lipinski definition) is 1. The van der Waals surface area contributed by atoms with Crippen molar-refractivity contribution < 1.29 is 9.90 Å². The fourth-order valence-corrected chi connectivity index (χ4v) is 7.64. The van der Waals surface area contributed by atoms with Gasteiger partial charge in [0, 0.05) is 26.2 Å². The van der Waals surface area contributed by atoms with Gasteiger partial charge in [-0.05, 0) is 97.3 Å². The van der Waals surface area contributed by atoms with Gasteiger partial charge in [0.1, 0.15) is 0 Å². The molecule has 7 atom stereocenters. The van der Waals surface area contributed by atoms with E-state index in [4.69, 9.17) is 0 Å². The molecule has 0 aromatic heterocycles. The standard InChI is InChI=1S/C26H35NO2/c1-26-15-22(16-4-7-18(8-5-16)27(2)3)25-20-11-9-19(28)14-17(20)6-10-21(25)23(26)12-13-24(26)29/h4-5,7-8,14,20-25,29H,6,9-13,15H2,1-3H3/t20?,21?,22?,23?,24-,25?,26-/m0/s1. The number of fused-ring (bicyclic) bond motifs is 5. The zero-order chi connectivity index (χ0) is 20.3. The van der Waals surface area contributed by atoms with Crippen molar-refractivity contribution in [2.75, 3.05) is 19.0 Å². The lowest BCUT2D eigenvalue weighted by Crippen LogP contribution is -2.50. The fraction of sp³-hybridized carbons (Fsp3) is 0.654. The normalized spacial score (nSPS) is 41.2. The first-order chi connectivity index (χ1) is 13.9. The van der Waals surface area contributed by atoms with Crippen molar-refractivity contribution in [1.29, 1.82) is 0 Å². The van der Waals surface area contributed by atoms with Crippen molar-refractivity contribution in [1.82, 2.24) is 0 Å². The second-order valence-electron chi connectivity index (χ2n) is 10.6. The Balaban J connectivity index is 1.57. The lowest BCUT2D eigenvalue weighted by molar-refractivity contribution is -0.116. The molecule has 156 valence electrons. The summed E-state index contributed by atoms with van der Waals surface area (Å²) in [5.41, 5.74) is 4.14. The Morgan fingerprint density at radius 1 is 1.00 bits per heavy atom. The number of carbonyl (C=O) groups is 1. The van der Waals surface area contributed by atoms with Gasteiger partial charge in [-0.3, -0.25) is 4.79 Å². The van der Waals surface area contributed by atoms with Crippen molar-refractivity contribution in [2.24, 2.45) is 29.1 Å². The molecule has 0 radical (unpaired) electrons. The Bertz CT molecular complexity index is 826. The summed E-state index contributed by atoms with van der Waals surface area (Å²) in [5.74, 6) is 3.31. The van der Waals surface area contributed by atoms with E-state index in [-0.39, 0.29) is 11.5 Å². The molecule has 0 amide bonds. The van der Waals surface area contributed by atoms with E-state index in [9.17, 15) is 9.90 Å². The van der Waals surface area contributed by atoms with Crippen LogP contribution in [-0.2, 0) is 4.79 Å². The molecule has 1 N–H and O–H groups in total. The van der Waals surface area contributed by atoms with Gasteiger partial charge in [-0.25, -0.2) is 0 Å². The Kier molecular flexibility index (Phi) is 4.66. The SMILES string of the molecule is CN(C)c1ccc(C2C[C@@]3(C)C(CC[C@@H]3O)C3CCC4=CC(=O)CCC4C23)cc1. The van der Waals surface area contributed by atoms with Gasteiger partial charge in [0.2, 0.25) is 0 Å². The van der Waals surface area contributed by atoms with Crippen LogP contribution in [0.3, 0.4) is 0 Å². The lowest BCUT2D eigenvalue weighted by Gasteiger charge is -2.57. The number of aliphatic hydroxyl groups excluding tert-OH is 1. The molecule has 1 aromatic carbocycles. The molecule has 0 bridgehead atoms. The summed E-state index contributed by atoms with van der Waals surface area (Å²) >= 11 is 0. The number of anilines is 1. The Morgan fingerprint density at radius 3 is 2.48 bits per heavy atom. The van der Waals surface area contributed by atoms with E-state index in [1.807, 2.05) is 6.08 Å². The smallest absolute Gasteiger partial charge is 0.155 e. The third kappa shape index (κ3) is 3.00. The van der Waals surface area contributed by atoms with Crippen LogP contribution in [0.15, 0.2) is 35.9 Å². The number of rotatable bonds is 2. The first-order valence-electron chi connectivity index (χ1n) is 11.6. The monoisotopic (exact) mass is 393 g/mol. The van der Waals surface area contributed by atoms with E-state index in [0.29, 0.717) is 41.8 Å². The zero-order valence-corrected chi connectivity index (χ0v) is 18.1. The minimum absolute atomic E-state index is 0.0394. The molecule has 5 unspecified atom stereocenters. The van der Waals surface area contributed by atoms with Gasteiger partial charge in [-0.15, -0.1) is 0 Å². The summed E-state index contributed by atoms with van der Waals surface area (Å²) < 4.78 is 0. The van der Waals surface area contributed by atoms with Gasteiger partial charge in [0.25, 0.3) is 0 Å². The van der Waals surface area contributed by atoms with Crippen molar-refractivity contribution in [3.63, 3.8) is 0 Å².